The third-order valence-electron chi connectivity index (χ3n) is 4.07. The van der Waals surface area contributed by atoms with Crippen molar-refractivity contribution in [1.82, 2.24) is 4.90 Å². The number of anilines is 1. The van der Waals surface area contributed by atoms with Crippen LogP contribution in [-0.4, -0.2) is 17.5 Å². The summed E-state index contributed by atoms with van der Waals surface area (Å²) >= 11 is 5.87. The summed E-state index contributed by atoms with van der Waals surface area (Å²) in [7, 11) is 0. The predicted octanol–water partition coefficient (Wildman–Crippen LogP) is 5.02. The maximum absolute atomic E-state index is 12.5. The molecule has 3 nitrogen and oxygen atoms in total. The number of hydrogen-bond acceptors (Lipinski definition) is 1. The Morgan fingerprint density at radius 2 is 1.82 bits per heavy atom. The Morgan fingerprint density at radius 3 is 2.50 bits per heavy atom. The molecule has 3 rings (SSSR count). The predicted molar refractivity (Wildman–Crippen MR) is 90.3 cm³/mol. The van der Waals surface area contributed by atoms with Gasteiger partial charge in [-0.25, -0.2) is 4.79 Å². The molecule has 0 spiro atoms. The molecule has 1 N–H and O–H groups in total. The van der Waals surface area contributed by atoms with Crippen LogP contribution in [0.1, 0.15) is 30.0 Å². The zero-order valence-electron chi connectivity index (χ0n) is 12.6. The molecule has 1 fully saturated rings. The van der Waals surface area contributed by atoms with E-state index in [1.54, 1.807) is 12.1 Å². The van der Waals surface area contributed by atoms with Crippen LogP contribution >= 0.6 is 11.6 Å². The van der Waals surface area contributed by atoms with E-state index in [9.17, 15) is 4.79 Å². The highest BCUT2D eigenvalue weighted by atomic mass is 35.5. The van der Waals surface area contributed by atoms with Gasteiger partial charge in [-0.05, 0) is 49.6 Å². The number of halogens is 1. The van der Waals surface area contributed by atoms with Crippen molar-refractivity contribution < 1.29 is 4.79 Å². The molecular formula is C18H19ClN2O. The Bertz CT molecular complexity index is 652. The van der Waals surface area contributed by atoms with E-state index in [-0.39, 0.29) is 12.1 Å². The van der Waals surface area contributed by atoms with Crippen molar-refractivity contribution in [1.29, 1.82) is 0 Å². The van der Waals surface area contributed by atoms with Crippen LogP contribution in [-0.2, 0) is 0 Å². The molecule has 1 heterocycles. The lowest BCUT2D eigenvalue weighted by Gasteiger charge is -2.25. The number of hydrogen-bond donors (Lipinski definition) is 1. The molecule has 1 aliphatic rings. The minimum Gasteiger partial charge on any atom is -0.317 e. The lowest BCUT2D eigenvalue weighted by Crippen LogP contribution is -2.34. The molecule has 0 aliphatic carbocycles. The fourth-order valence-corrected chi connectivity index (χ4v) is 3.00. The highest BCUT2D eigenvalue weighted by Gasteiger charge is 2.29. The monoisotopic (exact) mass is 314 g/mol. The average molecular weight is 315 g/mol. The van der Waals surface area contributed by atoms with Crippen LogP contribution in [0.4, 0.5) is 10.5 Å². The number of carbonyl (C=O) groups is 1. The second-order valence-electron chi connectivity index (χ2n) is 5.70. The van der Waals surface area contributed by atoms with Crippen molar-refractivity contribution in [3.05, 3.63) is 64.7 Å². The van der Waals surface area contributed by atoms with Crippen molar-refractivity contribution in [2.75, 3.05) is 11.9 Å². The van der Waals surface area contributed by atoms with Gasteiger partial charge in [0.25, 0.3) is 0 Å². The Hall–Kier alpha value is -2.00. The number of rotatable bonds is 2. The molecule has 0 bridgehead atoms. The summed E-state index contributed by atoms with van der Waals surface area (Å²) in [6.45, 7) is 2.86. The highest BCUT2D eigenvalue weighted by molar-refractivity contribution is 6.30. The molecule has 1 aliphatic heterocycles. The number of likely N-dealkylation sites (tertiary alicyclic amines) is 1. The van der Waals surface area contributed by atoms with Gasteiger partial charge in [-0.2, -0.15) is 0 Å². The molecule has 0 aromatic heterocycles. The number of carbonyl (C=O) groups excluding carboxylic acids is 1. The smallest absolute Gasteiger partial charge is 0.317 e. The van der Waals surface area contributed by atoms with E-state index >= 15 is 0 Å². The van der Waals surface area contributed by atoms with Gasteiger partial charge >= 0.3 is 6.03 Å². The van der Waals surface area contributed by atoms with E-state index in [4.69, 9.17) is 11.6 Å². The molecule has 0 saturated carbocycles. The van der Waals surface area contributed by atoms with Crippen LogP contribution < -0.4 is 5.32 Å². The van der Waals surface area contributed by atoms with E-state index in [0.717, 1.165) is 25.1 Å². The van der Waals surface area contributed by atoms with E-state index in [1.807, 2.05) is 17.0 Å². The quantitative estimate of drug-likeness (QED) is 0.829. The summed E-state index contributed by atoms with van der Waals surface area (Å²) in [6.07, 6.45) is 2.05. The Labute approximate surface area is 135 Å². The summed E-state index contributed by atoms with van der Waals surface area (Å²) < 4.78 is 0. The molecule has 4 heteroatoms. The van der Waals surface area contributed by atoms with Gasteiger partial charge in [-0.1, -0.05) is 41.4 Å². The molecular weight excluding hydrogens is 296 g/mol. The van der Waals surface area contributed by atoms with Crippen molar-refractivity contribution in [3.8, 4) is 0 Å². The molecule has 1 saturated heterocycles. The van der Waals surface area contributed by atoms with Gasteiger partial charge in [0.2, 0.25) is 0 Å². The standard InChI is InChI=1S/C18H19ClN2O/c1-13-4-6-14(7-5-13)17-3-2-12-21(17)18(22)20-16-10-8-15(19)9-11-16/h4-11,17H,2-3,12H2,1H3,(H,20,22). The fraction of sp³-hybridized carbons (Fsp3) is 0.278. The first-order valence-corrected chi connectivity index (χ1v) is 7.91. The highest BCUT2D eigenvalue weighted by Crippen LogP contribution is 2.32. The van der Waals surface area contributed by atoms with Crippen LogP contribution in [0.3, 0.4) is 0 Å². The van der Waals surface area contributed by atoms with Crippen LogP contribution in [0.2, 0.25) is 5.02 Å². The minimum absolute atomic E-state index is 0.0506. The van der Waals surface area contributed by atoms with Gasteiger partial charge in [-0.15, -0.1) is 0 Å². The lowest BCUT2D eigenvalue weighted by molar-refractivity contribution is 0.207. The summed E-state index contributed by atoms with van der Waals surface area (Å²) in [6, 6.07) is 15.7. The molecule has 0 radical (unpaired) electrons. The van der Waals surface area contributed by atoms with Gasteiger partial charge in [0.15, 0.2) is 0 Å². The number of amides is 2. The largest absolute Gasteiger partial charge is 0.322 e. The van der Waals surface area contributed by atoms with Gasteiger partial charge < -0.3 is 10.2 Å². The van der Waals surface area contributed by atoms with Gasteiger partial charge in [0.05, 0.1) is 6.04 Å². The van der Waals surface area contributed by atoms with Crippen LogP contribution in [0.25, 0.3) is 0 Å². The Morgan fingerprint density at radius 1 is 1.14 bits per heavy atom. The topological polar surface area (TPSA) is 32.3 Å². The third-order valence-corrected chi connectivity index (χ3v) is 4.32. The zero-order valence-corrected chi connectivity index (χ0v) is 13.3. The van der Waals surface area contributed by atoms with Crippen molar-refractivity contribution in [2.24, 2.45) is 0 Å². The maximum Gasteiger partial charge on any atom is 0.322 e. The van der Waals surface area contributed by atoms with Crippen LogP contribution in [0, 0.1) is 6.92 Å². The first-order valence-electron chi connectivity index (χ1n) is 7.53. The van der Waals surface area contributed by atoms with Gasteiger partial charge in [0, 0.05) is 17.3 Å². The fourth-order valence-electron chi connectivity index (χ4n) is 2.87. The average Bonchev–Trinajstić information content (AvgIpc) is 3.00. The van der Waals surface area contributed by atoms with Crippen LogP contribution in [0.5, 0.6) is 0 Å². The molecule has 2 aromatic rings. The number of aryl methyl sites for hydroxylation is 1. The second-order valence-corrected chi connectivity index (χ2v) is 6.14. The Balaban J connectivity index is 1.73. The zero-order chi connectivity index (χ0) is 15.5. The normalized spacial score (nSPS) is 17.5. The van der Waals surface area contributed by atoms with Crippen molar-refractivity contribution >= 4 is 23.3 Å². The van der Waals surface area contributed by atoms with Crippen molar-refractivity contribution in [2.45, 2.75) is 25.8 Å². The number of nitrogens with one attached hydrogen (secondary N) is 1. The number of urea groups is 1. The first kappa shape index (κ1) is 14.9. The molecule has 2 amide bonds. The van der Waals surface area contributed by atoms with Crippen molar-refractivity contribution in [3.63, 3.8) is 0 Å². The summed E-state index contributed by atoms with van der Waals surface area (Å²) in [5, 5.41) is 3.61. The van der Waals surface area contributed by atoms with Crippen LogP contribution in [0.15, 0.2) is 48.5 Å². The van der Waals surface area contributed by atoms with E-state index in [1.165, 1.54) is 11.1 Å². The summed E-state index contributed by atoms with van der Waals surface area (Å²) in [5.74, 6) is 0. The van der Waals surface area contributed by atoms with E-state index in [0.29, 0.717) is 5.02 Å². The molecule has 2 aromatic carbocycles. The molecule has 1 atom stereocenters. The number of benzene rings is 2. The van der Waals surface area contributed by atoms with E-state index in [2.05, 4.69) is 36.5 Å². The second kappa shape index (κ2) is 6.41. The minimum atomic E-state index is -0.0506. The van der Waals surface area contributed by atoms with E-state index < -0.39 is 0 Å². The molecule has 1 unspecified atom stereocenters. The lowest BCUT2D eigenvalue weighted by atomic mass is 10.0. The first-order chi connectivity index (χ1) is 10.6. The Kier molecular flexibility index (Phi) is 4.34. The van der Waals surface area contributed by atoms with Gasteiger partial charge in [-0.3, -0.25) is 0 Å². The van der Waals surface area contributed by atoms with Gasteiger partial charge in [0.1, 0.15) is 0 Å². The molecule has 114 valence electrons. The molecule has 22 heavy (non-hydrogen) atoms. The summed E-state index contributed by atoms with van der Waals surface area (Å²) in [4.78, 5) is 14.4. The summed E-state index contributed by atoms with van der Waals surface area (Å²) in [5.41, 5.74) is 3.21. The maximum atomic E-state index is 12.5. The number of nitrogens with zero attached hydrogens (tertiary/aromatic N) is 1. The SMILES string of the molecule is Cc1ccc(C2CCCN2C(=O)Nc2ccc(Cl)cc2)cc1. The third kappa shape index (κ3) is 3.25.